The number of nitrogens with one attached hydrogen (secondary N) is 2. The number of benzene rings is 1. The van der Waals surface area contributed by atoms with Crippen LogP contribution in [0.1, 0.15) is 26.3 Å². The van der Waals surface area contributed by atoms with E-state index < -0.39 is 17.4 Å². The van der Waals surface area contributed by atoms with Gasteiger partial charge in [0.25, 0.3) is 0 Å². The first kappa shape index (κ1) is 15.0. The summed E-state index contributed by atoms with van der Waals surface area (Å²) in [5.41, 5.74) is 0.390. The molecule has 5 nitrogen and oxygen atoms in total. The molecular formula is C14H20N2O3. The highest BCUT2D eigenvalue weighted by Crippen LogP contribution is 2.16. The zero-order valence-electron chi connectivity index (χ0n) is 11.7. The molecule has 2 N–H and O–H groups in total. The molecule has 1 aromatic carbocycles. The highest BCUT2D eigenvalue weighted by molar-refractivity contribution is 6.35. The van der Waals surface area contributed by atoms with Crippen molar-refractivity contribution in [2.75, 3.05) is 7.11 Å². The van der Waals surface area contributed by atoms with Crippen molar-refractivity contribution in [1.82, 2.24) is 10.6 Å². The van der Waals surface area contributed by atoms with Gasteiger partial charge in [0.05, 0.1) is 7.11 Å². The molecular weight excluding hydrogens is 244 g/mol. The van der Waals surface area contributed by atoms with Crippen LogP contribution in [-0.2, 0) is 16.1 Å². The van der Waals surface area contributed by atoms with Crippen LogP contribution in [0.2, 0.25) is 0 Å². The smallest absolute Gasteiger partial charge is 0.309 e. The SMILES string of the molecule is COc1ccccc1CNC(=O)C(=O)NC(C)(C)C. The van der Waals surface area contributed by atoms with E-state index in [1.807, 2.05) is 39.0 Å². The Kier molecular flexibility index (Phi) is 4.92. The zero-order chi connectivity index (χ0) is 14.5. The predicted molar refractivity (Wildman–Crippen MR) is 72.7 cm³/mol. The van der Waals surface area contributed by atoms with Crippen LogP contribution < -0.4 is 15.4 Å². The van der Waals surface area contributed by atoms with Gasteiger partial charge < -0.3 is 15.4 Å². The second kappa shape index (κ2) is 6.22. The summed E-state index contributed by atoms with van der Waals surface area (Å²) in [6.45, 7) is 5.70. The van der Waals surface area contributed by atoms with Gasteiger partial charge in [0.2, 0.25) is 0 Å². The van der Waals surface area contributed by atoms with Crippen molar-refractivity contribution in [2.45, 2.75) is 32.9 Å². The molecule has 0 heterocycles. The summed E-state index contributed by atoms with van der Waals surface area (Å²) in [7, 11) is 1.56. The molecule has 0 spiro atoms. The summed E-state index contributed by atoms with van der Waals surface area (Å²) in [5.74, 6) is -0.609. The summed E-state index contributed by atoms with van der Waals surface area (Å²) in [5, 5.41) is 5.17. The van der Waals surface area contributed by atoms with Gasteiger partial charge in [0, 0.05) is 17.6 Å². The molecule has 19 heavy (non-hydrogen) atoms. The fraction of sp³-hybridized carbons (Fsp3) is 0.429. The average molecular weight is 264 g/mol. The van der Waals surface area contributed by atoms with Crippen molar-refractivity contribution in [2.24, 2.45) is 0 Å². The Hall–Kier alpha value is -2.04. The first-order chi connectivity index (χ1) is 8.83. The van der Waals surface area contributed by atoms with Crippen LogP contribution in [0, 0.1) is 0 Å². The number of para-hydroxylation sites is 1. The lowest BCUT2D eigenvalue weighted by Gasteiger charge is -2.20. The number of amides is 2. The maximum absolute atomic E-state index is 11.6. The maximum atomic E-state index is 11.6. The van der Waals surface area contributed by atoms with Crippen LogP contribution >= 0.6 is 0 Å². The number of hydrogen-bond acceptors (Lipinski definition) is 3. The first-order valence-electron chi connectivity index (χ1n) is 6.06. The predicted octanol–water partition coefficient (Wildman–Crippen LogP) is 1.23. The lowest BCUT2D eigenvalue weighted by atomic mass is 10.1. The van der Waals surface area contributed by atoms with E-state index in [-0.39, 0.29) is 6.54 Å². The van der Waals surface area contributed by atoms with E-state index in [1.54, 1.807) is 13.2 Å². The van der Waals surface area contributed by atoms with Gasteiger partial charge in [-0.1, -0.05) is 18.2 Å². The Labute approximate surface area is 113 Å². The summed E-state index contributed by atoms with van der Waals surface area (Å²) in [4.78, 5) is 23.2. The molecule has 5 heteroatoms. The van der Waals surface area contributed by atoms with Crippen molar-refractivity contribution < 1.29 is 14.3 Å². The summed E-state index contributed by atoms with van der Waals surface area (Å²) < 4.78 is 5.17. The molecule has 1 aromatic rings. The number of rotatable bonds is 3. The fourth-order valence-corrected chi connectivity index (χ4v) is 1.50. The van der Waals surface area contributed by atoms with Crippen molar-refractivity contribution in [3.63, 3.8) is 0 Å². The van der Waals surface area contributed by atoms with Crippen molar-refractivity contribution in [3.8, 4) is 5.75 Å². The Morgan fingerprint density at radius 3 is 2.37 bits per heavy atom. The summed E-state index contributed by atoms with van der Waals surface area (Å²) in [6, 6.07) is 7.33. The van der Waals surface area contributed by atoms with E-state index in [2.05, 4.69) is 10.6 Å². The van der Waals surface area contributed by atoms with E-state index in [1.165, 1.54) is 0 Å². The maximum Gasteiger partial charge on any atom is 0.309 e. The van der Waals surface area contributed by atoms with Crippen molar-refractivity contribution in [3.05, 3.63) is 29.8 Å². The number of carbonyl (C=O) groups excluding carboxylic acids is 2. The Balaban J connectivity index is 2.57. The highest BCUT2D eigenvalue weighted by atomic mass is 16.5. The van der Waals surface area contributed by atoms with Gasteiger partial charge in [0.15, 0.2) is 0 Å². The number of methoxy groups -OCH3 is 1. The van der Waals surface area contributed by atoms with Gasteiger partial charge >= 0.3 is 11.8 Å². The number of hydrogen-bond donors (Lipinski definition) is 2. The normalized spacial score (nSPS) is 10.7. The standard InChI is InChI=1S/C14H20N2O3/c1-14(2,3)16-13(18)12(17)15-9-10-7-5-6-8-11(10)19-4/h5-8H,9H2,1-4H3,(H,15,17)(H,16,18). The topological polar surface area (TPSA) is 67.4 Å². The second-order valence-corrected chi connectivity index (χ2v) is 5.20. The molecule has 1 rings (SSSR count). The average Bonchev–Trinajstić information content (AvgIpc) is 2.34. The second-order valence-electron chi connectivity index (χ2n) is 5.20. The third kappa shape index (κ3) is 4.99. The van der Waals surface area contributed by atoms with E-state index in [9.17, 15) is 9.59 Å². The third-order valence-electron chi connectivity index (χ3n) is 2.33. The van der Waals surface area contributed by atoms with E-state index in [4.69, 9.17) is 4.74 Å². The minimum atomic E-state index is -0.652. The van der Waals surface area contributed by atoms with Gasteiger partial charge in [-0.3, -0.25) is 9.59 Å². The molecule has 0 bridgehead atoms. The molecule has 0 aliphatic heterocycles. The molecule has 2 amide bonds. The summed E-state index contributed by atoms with van der Waals surface area (Å²) in [6.07, 6.45) is 0. The summed E-state index contributed by atoms with van der Waals surface area (Å²) >= 11 is 0. The molecule has 0 radical (unpaired) electrons. The molecule has 0 aliphatic carbocycles. The van der Waals surface area contributed by atoms with Crippen LogP contribution in [0.3, 0.4) is 0 Å². The molecule has 0 unspecified atom stereocenters. The molecule has 104 valence electrons. The Morgan fingerprint density at radius 2 is 1.79 bits per heavy atom. The molecule has 0 saturated heterocycles. The van der Waals surface area contributed by atoms with Crippen molar-refractivity contribution >= 4 is 11.8 Å². The largest absolute Gasteiger partial charge is 0.496 e. The zero-order valence-corrected chi connectivity index (χ0v) is 11.7. The fourth-order valence-electron chi connectivity index (χ4n) is 1.50. The monoisotopic (exact) mass is 264 g/mol. The quantitative estimate of drug-likeness (QED) is 0.807. The van der Waals surface area contributed by atoms with Gasteiger partial charge in [0.1, 0.15) is 5.75 Å². The number of ether oxygens (including phenoxy) is 1. The minimum Gasteiger partial charge on any atom is -0.496 e. The Bertz CT molecular complexity index is 464. The van der Waals surface area contributed by atoms with Crippen LogP contribution in [-0.4, -0.2) is 24.5 Å². The highest BCUT2D eigenvalue weighted by Gasteiger charge is 2.19. The molecule has 0 aromatic heterocycles. The lowest BCUT2D eigenvalue weighted by Crippen LogP contribution is -2.48. The Morgan fingerprint density at radius 1 is 1.16 bits per heavy atom. The van der Waals surface area contributed by atoms with Gasteiger partial charge in [-0.15, -0.1) is 0 Å². The van der Waals surface area contributed by atoms with Crippen LogP contribution in [0.5, 0.6) is 5.75 Å². The first-order valence-corrected chi connectivity index (χ1v) is 6.06. The van der Waals surface area contributed by atoms with Crippen LogP contribution in [0.25, 0.3) is 0 Å². The molecule has 0 atom stereocenters. The van der Waals surface area contributed by atoms with Crippen LogP contribution in [0.4, 0.5) is 0 Å². The minimum absolute atomic E-state index is 0.250. The molecule has 0 fully saturated rings. The van der Waals surface area contributed by atoms with E-state index >= 15 is 0 Å². The van der Waals surface area contributed by atoms with E-state index in [0.29, 0.717) is 5.75 Å². The third-order valence-corrected chi connectivity index (χ3v) is 2.33. The van der Waals surface area contributed by atoms with Gasteiger partial charge in [-0.05, 0) is 26.8 Å². The van der Waals surface area contributed by atoms with Gasteiger partial charge in [-0.25, -0.2) is 0 Å². The molecule has 0 saturated carbocycles. The molecule has 0 aliphatic rings. The number of carbonyl (C=O) groups is 2. The lowest BCUT2D eigenvalue weighted by molar-refractivity contribution is -0.140. The van der Waals surface area contributed by atoms with Gasteiger partial charge in [-0.2, -0.15) is 0 Å². The van der Waals surface area contributed by atoms with Crippen molar-refractivity contribution in [1.29, 1.82) is 0 Å². The van der Waals surface area contributed by atoms with E-state index in [0.717, 1.165) is 5.56 Å². The van der Waals surface area contributed by atoms with Crippen LogP contribution in [0.15, 0.2) is 24.3 Å².